The zero-order valence-electron chi connectivity index (χ0n) is 15.6. The third-order valence-corrected chi connectivity index (χ3v) is 3.89. The van der Waals surface area contributed by atoms with Gasteiger partial charge in [-0.2, -0.15) is 0 Å². The molecule has 0 saturated heterocycles. The number of rotatable bonds is 9. The van der Waals surface area contributed by atoms with Crippen LogP contribution < -0.4 is 14.8 Å². The summed E-state index contributed by atoms with van der Waals surface area (Å²) in [5.41, 5.74) is 0.904. The maximum absolute atomic E-state index is 12.0. The average Bonchev–Trinajstić information content (AvgIpc) is 2.67. The summed E-state index contributed by atoms with van der Waals surface area (Å²) in [6.07, 6.45) is 6.20. The van der Waals surface area contributed by atoms with Crippen molar-refractivity contribution in [1.29, 1.82) is 0 Å². The van der Waals surface area contributed by atoms with Gasteiger partial charge in [-0.3, -0.25) is 4.79 Å². The zero-order valence-corrected chi connectivity index (χ0v) is 15.6. The van der Waals surface area contributed by atoms with Gasteiger partial charge in [0, 0.05) is 6.08 Å². The molecule has 0 aromatic heterocycles. The van der Waals surface area contributed by atoms with Crippen molar-refractivity contribution < 1.29 is 24.5 Å². The highest BCUT2D eigenvalue weighted by Gasteiger charge is 2.08. The van der Waals surface area contributed by atoms with Crippen LogP contribution in [0.1, 0.15) is 31.7 Å². The van der Waals surface area contributed by atoms with Crippen molar-refractivity contribution in [3.63, 3.8) is 0 Å². The lowest BCUT2D eigenvalue weighted by atomic mass is 10.2. The molecule has 144 valence electrons. The lowest BCUT2D eigenvalue weighted by Gasteiger charge is -2.11. The number of phenols is 2. The second-order valence-electron chi connectivity index (χ2n) is 5.96. The lowest BCUT2D eigenvalue weighted by Crippen LogP contribution is -2.07. The van der Waals surface area contributed by atoms with E-state index in [9.17, 15) is 15.0 Å². The third-order valence-electron chi connectivity index (χ3n) is 3.89. The first kappa shape index (κ1) is 20.2. The molecule has 6 nitrogen and oxygen atoms in total. The fourth-order valence-electron chi connectivity index (χ4n) is 2.42. The molecule has 27 heavy (non-hydrogen) atoms. The molecule has 0 aliphatic heterocycles. The summed E-state index contributed by atoms with van der Waals surface area (Å²) in [5, 5.41) is 21.7. The number of phenolic OH excluding ortho intramolecular Hbond substituents is 2. The van der Waals surface area contributed by atoms with Gasteiger partial charge in [-0.25, -0.2) is 0 Å². The first-order valence-corrected chi connectivity index (χ1v) is 8.86. The number of anilines is 1. The minimum absolute atomic E-state index is 0.137. The normalized spacial score (nSPS) is 10.7. The Morgan fingerprint density at radius 3 is 2.70 bits per heavy atom. The van der Waals surface area contributed by atoms with Crippen LogP contribution >= 0.6 is 0 Å². The van der Waals surface area contributed by atoms with E-state index in [1.165, 1.54) is 24.3 Å². The number of aromatic hydroxyl groups is 2. The number of para-hydroxylation sites is 1. The standard InChI is InChI=1S/C21H25NO5/c1-3-4-5-13-27-18-11-9-15(14-19(18)26-2)10-12-20(24)22-16-7-6-8-17(23)21(16)25/h6-12,14,23,25H,3-5,13H2,1-2H3,(H,22,24)/b12-10+. The van der Waals surface area contributed by atoms with Crippen molar-refractivity contribution in [3.05, 3.63) is 48.0 Å². The van der Waals surface area contributed by atoms with Gasteiger partial charge in [0.15, 0.2) is 23.0 Å². The highest BCUT2D eigenvalue weighted by atomic mass is 16.5. The van der Waals surface area contributed by atoms with E-state index < -0.39 is 5.91 Å². The minimum Gasteiger partial charge on any atom is -0.504 e. The largest absolute Gasteiger partial charge is 0.504 e. The van der Waals surface area contributed by atoms with E-state index >= 15 is 0 Å². The quantitative estimate of drug-likeness (QED) is 0.347. The van der Waals surface area contributed by atoms with Crippen LogP contribution in [0.25, 0.3) is 6.08 Å². The molecule has 0 heterocycles. The summed E-state index contributed by atoms with van der Waals surface area (Å²) in [7, 11) is 1.57. The smallest absolute Gasteiger partial charge is 0.248 e. The molecule has 2 aromatic carbocycles. The van der Waals surface area contributed by atoms with Gasteiger partial charge in [0.2, 0.25) is 5.91 Å². The minimum atomic E-state index is -0.435. The van der Waals surface area contributed by atoms with Crippen LogP contribution in [-0.4, -0.2) is 29.8 Å². The number of methoxy groups -OCH3 is 1. The Hall–Kier alpha value is -3.15. The molecule has 6 heteroatoms. The van der Waals surface area contributed by atoms with Crippen LogP contribution in [-0.2, 0) is 4.79 Å². The zero-order chi connectivity index (χ0) is 19.6. The molecule has 0 fully saturated rings. The third kappa shape index (κ3) is 5.95. The Kier molecular flexibility index (Phi) is 7.55. The molecule has 0 bridgehead atoms. The van der Waals surface area contributed by atoms with Gasteiger partial charge < -0.3 is 25.0 Å². The molecule has 1 amide bonds. The first-order valence-electron chi connectivity index (χ1n) is 8.86. The van der Waals surface area contributed by atoms with E-state index in [0.717, 1.165) is 24.8 Å². The Morgan fingerprint density at radius 2 is 1.96 bits per heavy atom. The van der Waals surface area contributed by atoms with E-state index in [-0.39, 0.29) is 17.2 Å². The van der Waals surface area contributed by atoms with Crippen LogP contribution in [0.3, 0.4) is 0 Å². The van der Waals surface area contributed by atoms with Crippen molar-refractivity contribution in [1.82, 2.24) is 0 Å². The number of hydrogen-bond acceptors (Lipinski definition) is 5. The Labute approximate surface area is 159 Å². The van der Waals surface area contributed by atoms with E-state index in [0.29, 0.717) is 18.1 Å². The van der Waals surface area contributed by atoms with Crippen molar-refractivity contribution in [2.75, 3.05) is 19.0 Å². The molecule has 0 spiro atoms. The van der Waals surface area contributed by atoms with Gasteiger partial charge in [-0.1, -0.05) is 31.9 Å². The van der Waals surface area contributed by atoms with Gasteiger partial charge in [0.25, 0.3) is 0 Å². The van der Waals surface area contributed by atoms with Gasteiger partial charge in [-0.05, 0) is 42.3 Å². The van der Waals surface area contributed by atoms with E-state index in [1.807, 2.05) is 12.1 Å². The summed E-state index contributed by atoms with van der Waals surface area (Å²) in [6, 6.07) is 9.77. The fraction of sp³-hybridized carbons (Fsp3) is 0.286. The highest BCUT2D eigenvalue weighted by molar-refractivity contribution is 6.03. The monoisotopic (exact) mass is 371 g/mol. The average molecular weight is 371 g/mol. The Balaban J connectivity index is 2.01. The number of carbonyl (C=O) groups is 1. The number of nitrogens with one attached hydrogen (secondary N) is 1. The molecule has 0 radical (unpaired) electrons. The van der Waals surface area contributed by atoms with E-state index in [4.69, 9.17) is 9.47 Å². The van der Waals surface area contributed by atoms with Crippen molar-refractivity contribution in [2.24, 2.45) is 0 Å². The van der Waals surface area contributed by atoms with E-state index in [1.54, 1.807) is 19.3 Å². The molecule has 0 saturated carbocycles. The number of amides is 1. The summed E-state index contributed by atoms with van der Waals surface area (Å²) in [5.74, 6) is 0.163. The highest BCUT2D eigenvalue weighted by Crippen LogP contribution is 2.32. The predicted octanol–water partition coefficient (Wildman–Crippen LogP) is 4.33. The predicted molar refractivity (Wildman–Crippen MR) is 105 cm³/mol. The van der Waals surface area contributed by atoms with Crippen LogP contribution in [0.15, 0.2) is 42.5 Å². The maximum atomic E-state index is 12.0. The Bertz CT molecular complexity index is 801. The summed E-state index contributed by atoms with van der Waals surface area (Å²) in [6.45, 7) is 2.77. The van der Waals surface area contributed by atoms with Gasteiger partial charge in [0.1, 0.15) is 0 Å². The molecule has 3 N–H and O–H groups in total. The van der Waals surface area contributed by atoms with Crippen LogP contribution in [0.2, 0.25) is 0 Å². The van der Waals surface area contributed by atoms with Gasteiger partial charge in [-0.15, -0.1) is 0 Å². The van der Waals surface area contributed by atoms with Crippen molar-refractivity contribution in [3.8, 4) is 23.0 Å². The summed E-state index contributed by atoms with van der Waals surface area (Å²) < 4.78 is 11.1. The second-order valence-corrected chi connectivity index (χ2v) is 5.96. The molecule has 2 rings (SSSR count). The maximum Gasteiger partial charge on any atom is 0.248 e. The molecular formula is C21H25NO5. The molecule has 2 aromatic rings. The van der Waals surface area contributed by atoms with Gasteiger partial charge in [0.05, 0.1) is 19.4 Å². The molecule has 0 atom stereocenters. The Morgan fingerprint density at radius 1 is 1.15 bits per heavy atom. The fourth-order valence-corrected chi connectivity index (χ4v) is 2.42. The van der Waals surface area contributed by atoms with Crippen molar-refractivity contribution >= 4 is 17.7 Å². The number of benzene rings is 2. The molecule has 0 aliphatic rings. The number of hydrogen-bond donors (Lipinski definition) is 3. The van der Waals surface area contributed by atoms with E-state index in [2.05, 4.69) is 12.2 Å². The van der Waals surface area contributed by atoms with Crippen LogP contribution in [0, 0.1) is 0 Å². The van der Waals surface area contributed by atoms with Gasteiger partial charge >= 0.3 is 0 Å². The number of unbranched alkanes of at least 4 members (excludes halogenated alkanes) is 2. The number of carbonyl (C=O) groups excluding carboxylic acids is 1. The lowest BCUT2D eigenvalue weighted by molar-refractivity contribution is -0.111. The van der Waals surface area contributed by atoms with Crippen molar-refractivity contribution in [2.45, 2.75) is 26.2 Å². The summed E-state index contributed by atoms with van der Waals surface area (Å²) in [4.78, 5) is 12.0. The molecular weight excluding hydrogens is 346 g/mol. The summed E-state index contributed by atoms with van der Waals surface area (Å²) >= 11 is 0. The molecule has 0 unspecified atom stereocenters. The second kappa shape index (κ2) is 10.1. The SMILES string of the molecule is CCCCCOc1ccc(/C=C/C(=O)Nc2cccc(O)c2O)cc1OC. The molecule has 0 aliphatic carbocycles. The topological polar surface area (TPSA) is 88.0 Å². The first-order chi connectivity index (χ1) is 13.0. The van der Waals surface area contributed by atoms with Crippen LogP contribution in [0.4, 0.5) is 5.69 Å². The number of ether oxygens (including phenoxy) is 2. The van der Waals surface area contributed by atoms with Crippen LogP contribution in [0.5, 0.6) is 23.0 Å².